The maximum absolute atomic E-state index is 14.3. The van der Waals surface area contributed by atoms with Crippen LogP contribution in [0.3, 0.4) is 0 Å². The van der Waals surface area contributed by atoms with Crippen LogP contribution in [-0.2, 0) is 34.9 Å². The summed E-state index contributed by atoms with van der Waals surface area (Å²) in [5, 5.41) is 5.88. The molecule has 0 aromatic carbocycles. The maximum atomic E-state index is 14.3. The van der Waals surface area contributed by atoms with E-state index in [0.717, 1.165) is 57.8 Å². The van der Waals surface area contributed by atoms with E-state index in [2.05, 4.69) is 25.1 Å². The van der Waals surface area contributed by atoms with Crippen molar-refractivity contribution >= 4 is 36.4 Å². The minimum Gasteiger partial charge on any atom is -0.461 e. The van der Waals surface area contributed by atoms with E-state index < -0.39 is 37.1 Å². The Hall–Kier alpha value is -2.60. The van der Waals surface area contributed by atoms with Crippen molar-refractivity contribution < 1.29 is 28.4 Å². The highest BCUT2D eigenvalue weighted by Crippen LogP contribution is 2.41. The minimum absolute atomic E-state index is 0.125. The van der Waals surface area contributed by atoms with Gasteiger partial charge in [0.05, 0.1) is 19.0 Å². The monoisotopic (exact) mass is 593 g/mol. The van der Waals surface area contributed by atoms with Gasteiger partial charge >= 0.3 is 11.9 Å². The second kappa shape index (κ2) is 13.6. The van der Waals surface area contributed by atoms with Gasteiger partial charge in [0.2, 0.25) is 7.44 Å². The third kappa shape index (κ3) is 8.47. The van der Waals surface area contributed by atoms with E-state index in [-0.39, 0.29) is 24.4 Å². The number of nitrogens with one attached hydrogen (secondary N) is 2. The number of carbonyl (C=O) groups excluding carboxylic acids is 2. The number of hydrogen-bond donors (Lipinski definition) is 3. The fourth-order valence-corrected chi connectivity index (χ4v) is 7.71. The number of nitrogens with two attached hydrogens (primary N) is 1. The van der Waals surface area contributed by atoms with Crippen LogP contribution in [0.25, 0.3) is 11.2 Å². The second-order valence-electron chi connectivity index (χ2n) is 11.8. The average Bonchev–Trinajstić information content (AvgIpc) is 3.58. The first-order valence-electron chi connectivity index (χ1n) is 14.6. The molecule has 41 heavy (non-hydrogen) atoms. The lowest BCUT2D eigenvalue weighted by Gasteiger charge is -2.34. The molecule has 0 amide bonds. The summed E-state index contributed by atoms with van der Waals surface area (Å²) in [6.45, 7) is 7.02. The fourth-order valence-electron chi connectivity index (χ4n) is 5.31. The molecule has 2 fully saturated rings. The van der Waals surface area contributed by atoms with Crippen LogP contribution in [0.1, 0.15) is 85.5 Å². The van der Waals surface area contributed by atoms with Crippen molar-refractivity contribution in [2.45, 2.75) is 122 Å². The molecule has 4 N–H and O–H groups in total. The molecule has 0 saturated heterocycles. The number of carbonyl (C=O) groups is 2. The number of anilines is 1. The minimum atomic E-state index is -3.70. The van der Waals surface area contributed by atoms with Crippen LogP contribution in [-0.4, -0.2) is 67.7 Å². The molecule has 13 nitrogen and oxygen atoms in total. The quantitative estimate of drug-likeness (QED) is 0.228. The van der Waals surface area contributed by atoms with Gasteiger partial charge in [-0.15, -0.1) is 0 Å². The van der Waals surface area contributed by atoms with E-state index >= 15 is 0 Å². The van der Waals surface area contributed by atoms with Crippen molar-refractivity contribution in [3.05, 3.63) is 12.7 Å². The first kappa shape index (κ1) is 31.3. The van der Waals surface area contributed by atoms with Crippen LogP contribution in [0.2, 0.25) is 0 Å². The molecule has 0 spiro atoms. The average molecular weight is 594 g/mol. The summed E-state index contributed by atoms with van der Waals surface area (Å²) >= 11 is 0. The van der Waals surface area contributed by atoms with Gasteiger partial charge in [0, 0.05) is 0 Å². The fraction of sp³-hybridized carbons (Fsp3) is 0.741. The Morgan fingerprint density at radius 2 is 1.68 bits per heavy atom. The number of nitrogen functional groups attached to an aromatic ring is 1. The lowest BCUT2D eigenvalue weighted by molar-refractivity contribution is -0.156. The molecule has 2 saturated carbocycles. The molecule has 14 heteroatoms. The molecular formula is C27H44N7O6P. The summed E-state index contributed by atoms with van der Waals surface area (Å²) in [7, 11) is -3.70. The van der Waals surface area contributed by atoms with Crippen LogP contribution in [0.4, 0.5) is 5.82 Å². The lowest BCUT2D eigenvalue weighted by atomic mass is 9.97. The van der Waals surface area contributed by atoms with E-state index in [1.807, 2.05) is 6.92 Å². The van der Waals surface area contributed by atoms with Gasteiger partial charge in [-0.25, -0.2) is 25.1 Å². The summed E-state index contributed by atoms with van der Waals surface area (Å²) in [6, 6.07) is -0.893. The number of hydrogen-bond acceptors (Lipinski definition) is 10. The number of rotatable bonds is 13. The molecule has 2 aromatic heterocycles. The molecule has 2 aliphatic rings. The van der Waals surface area contributed by atoms with Crippen LogP contribution in [0, 0.1) is 0 Å². The van der Waals surface area contributed by atoms with Crippen molar-refractivity contribution in [2.24, 2.45) is 0 Å². The standard InChI is InChI=1S/C27H44N7O6P/c1-18(14-34-16-31-22-23(28)29-15-30-24(22)34)38-17-41(37,32-19(2)25(35)39-20-12-8-9-13-20)33-27(3,4)26(36)40-21-10-6-5-7-11-21/h15-16,18-21H,5-14,17H2,1-4H3,(H2,28,29,30)(H2,32,33,37)/t18-,19+,41?/m0/s1. The summed E-state index contributed by atoms with van der Waals surface area (Å²) in [5.41, 5.74) is 5.63. The van der Waals surface area contributed by atoms with E-state index in [1.54, 1.807) is 31.7 Å². The van der Waals surface area contributed by atoms with Gasteiger partial charge < -0.3 is 24.5 Å². The zero-order valence-corrected chi connectivity index (χ0v) is 25.4. The highest BCUT2D eigenvalue weighted by molar-refractivity contribution is 7.59. The Morgan fingerprint density at radius 3 is 2.37 bits per heavy atom. The highest BCUT2D eigenvalue weighted by Gasteiger charge is 2.40. The second-order valence-corrected chi connectivity index (χ2v) is 14.0. The molecule has 0 radical (unpaired) electrons. The van der Waals surface area contributed by atoms with Gasteiger partial charge in [-0.1, -0.05) is 6.42 Å². The van der Waals surface area contributed by atoms with Crippen LogP contribution in [0.5, 0.6) is 0 Å². The summed E-state index contributed by atoms with van der Waals surface area (Å²) in [5.74, 6) is -0.708. The van der Waals surface area contributed by atoms with Gasteiger partial charge in [0.25, 0.3) is 0 Å². The van der Waals surface area contributed by atoms with Crippen LogP contribution in [0.15, 0.2) is 12.7 Å². The highest BCUT2D eigenvalue weighted by atomic mass is 31.2. The lowest BCUT2D eigenvalue weighted by Crippen LogP contribution is -2.51. The summed E-state index contributed by atoms with van der Waals surface area (Å²) in [6.07, 6.45) is 10.5. The van der Waals surface area contributed by atoms with Crippen molar-refractivity contribution in [1.29, 1.82) is 0 Å². The predicted octanol–water partition coefficient (Wildman–Crippen LogP) is 3.67. The van der Waals surface area contributed by atoms with Gasteiger partial charge in [-0.3, -0.25) is 14.2 Å². The molecule has 228 valence electrons. The van der Waals surface area contributed by atoms with E-state index in [0.29, 0.717) is 17.7 Å². The van der Waals surface area contributed by atoms with E-state index in [4.69, 9.17) is 19.9 Å². The van der Waals surface area contributed by atoms with Crippen molar-refractivity contribution in [3.63, 3.8) is 0 Å². The predicted molar refractivity (Wildman–Crippen MR) is 154 cm³/mol. The van der Waals surface area contributed by atoms with Crippen LogP contribution < -0.4 is 15.9 Å². The van der Waals surface area contributed by atoms with E-state index in [1.165, 1.54) is 6.33 Å². The van der Waals surface area contributed by atoms with E-state index in [9.17, 15) is 14.2 Å². The number of nitrogens with zero attached hydrogens (tertiary/aromatic N) is 4. The third-order valence-electron chi connectivity index (χ3n) is 7.56. The molecule has 2 aliphatic carbocycles. The number of aromatic nitrogens is 4. The Kier molecular flexibility index (Phi) is 10.4. The first-order valence-corrected chi connectivity index (χ1v) is 16.5. The molecular weight excluding hydrogens is 549 g/mol. The van der Waals surface area contributed by atoms with Crippen molar-refractivity contribution in [2.75, 3.05) is 12.1 Å². The topological polar surface area (TPSA) is 173 Å². The van der Waals surface area contributed by atoms with Crippen LogP contribution >= 0.6 is 7.44 Å². The Morgan fingerprint density at radius 1 is 1.05 bits per heavy atom. The zero-order valence-electron chi connectivity index (χ0n) is 24.5. The Labute approximate surface area is 241 Å². The first-order chi connectivity index (χ1) is 19.5. The Bertz CT molecular complexity index is 1240. The van der Waals surface area contributed by atoms with Gasteiger partial charge in [0.1, 0.15) is 42.0 Å². The molecule has 1 unspecified atom stereocenters. The van der Waals surface area contributed by atoms with Gasteiger partial charge in [0.15, 0.2) is 11.5 Å². The Balaban J connectivity index is 1.44. The number of imidazole rings is 1. The smallest absolute Gasteiger partial charge is 0.326 e. The third-order valence-corrected chi connectivity index (χ3v) is 9.80. The molecule has 4 rings (SSSR count). The zero-order chi connectivity index (χ0) is 29.6. The molecule has 2 aromatic rings. The summed E-state index contributed by atoms with van der Waals surface area (Å²) in [4.78, 5) is 38.5. The molecule has 2 heterocycles. The van der Waals surface area contributed by atoms with Gasteiger partial charge in [-0.2, -0.15) is 0 Å². The van der Waals surface area contributed by atoms with Crippen molar-refractivity contribution in [3.8, 4) is 0 Å². The normalized spacial score (nSPS) is 20.0. The van der Waals surface area contributed by atoms with Gasteiger partial charge in [-0.05, 0) is 79.1 Å². The molecule has 0 bridgehead atoms. The van der Waals surface area contributed by atoms with Crippen molar-refractivity contribution in [1.82, 2.24) is 29.7 Å². The summed E-state index contributed by atoms with van der Waals surface area (Å²) < 4.78 is 33.5. The number of esters is 2. The number of fused-ring (bicyclic) bond motifs is 1. The molecule has 3 atom stereocenters. The SMILES string of the molecule is C[C@@H](Cn1cnc2c(N)ncnc21)OCP(=O)(N[C@H](C)C(=O)OC1CCCC1)NC(C)(C)C(=O)OC1CCCCC1. The largest absolute Gasteiger partial charge is 0.461 e. The molecule has 0 aliphatic heterocycles. The number of ether oxygens (including phenoxy) is 3. The maximum Gasteiger partial charge on any atom is 0.326 e.